The van der Waals surface area contributed by atoms with Gasteiger partial charge in [-0.05, 0) is 6.07 Å². The maximum absolute atomic E-state index is 11.4. The molecule has 0 spiro atoms. The molecule has 1 atom stereocenters. The van der Waals surface area contributed by atoms with Gasteiger partial charge in [-0.1, -0.05) is 29.8 Å². The monoisotopic (exact) mass is 271 g/mol. The van der Waals surface area contributed by atoms with Gasteiger partial charge in [-0.2, -0.15) is 0 Å². The number of urea groups is 1. The fraction of sp³-hybridized carbons (Fsp3) is 0.273. The molecule has 7 heteroatoms. The number of aliphatic carboxylic acids is 1. The molecule has 0 heterocycles. The van der Waals surface area contributed by atoms with Crippen LogP contribution in [-0.4, -0.2) is 30.2 Å². The molecule has 0 aliphatic heterocycles. The number of carbonyl (C=O) groups excluding carboxylic acids is 1. The van der Waals surface area contributed by atoms with Crippen molar-refractivity contribution in [1.82, 2.24) is 10.6 Å². The van der Waals surface area contributed by atoms with Crippen LogP contribution in [0.15, 0.2) is 24.3 Å². The fourth-order valence-electron chi connectivity index (χ4n) is 1.35. The van der Waals surface area contributed by atoms with E-state index in [0.717, 1.165) is 0 Å². The molecule has 0 fully saturated rings. The number of carboxylic acid groups (broad SMARTS) is 1. The number of amides is 2. The Bertz CT molecular complexity index is 439. The lowest BCUT2D eigenvalue weighted by molar-refractivity contribution is -0.139. The zero-order valence-corrected chi connectivity index (χ0v) is 10.3. The summed E-state index contributed by atoms with van der Waals surface area (Å²) in [6.07, 6.45) is 0. The third-order valence-corrected chi connectivity index (χ3v) is 2.51. The van der Waals surface area contributed by atoms with Gasteiger partial charge in [0, 0.05) is 23.7 Å². The molecule has 0 aliphatic rings. The SMILES string of the molecule is NCCNC(=O)N[C@@H](C(=O)O)c1ccccc1Cl. The van der Waals surface area contributed by atoms with Gasteiger partial charge in [0.2, 0.25) is 0 Å². The lowest BCUT2D eigenvalue weighted by Gasteiger charge is -2.16. The Morgan fingerprint density at radius 1 is 1.39 bits per heavy atom. The number of benzene rings is 1. The smallest absolute Gasteiger partial charge is 0.331 e. The molecule has 0 bridgehead atoms. The summed E-state index contributed by atoms with van der Waals surface area (Å²) in [4.78, 5) is 22.6. The summed E-state index contributed by atoms with van der Waals surface area (Å²) < 4.78 is 0. The highest BCUT2D eigenvalue weighted by Crippen LogP contribution is 2.22. The van der Waals surface area contributed by atoms with E-state index >= 15 is 0 Å². The molecule has 6 nitrogen and oxygen atoms in total. The Labute approximate surface area is 109 Å². The second-order valence-corrected chi connectivity index (χ2v) is 3.89. The van der Waals surface area contributed by atoms with E-state index in [1.54, 1.807) is 24.3 Å². The van der Waals surface area contributed by atoms with Gasteiger partial charge in [0.25, 0.3) is 0 Å². The van der Waals surface area contributed by atoms with Crippen LogP contribution >= 0.6 is 11.6 Å². The summed E-state index contributed by atoms with van der Waals surface area (Å²) in [6, 6.07) is 4.64. The van der Waals surface area contributed by atoms with E-state index in [1.165, 1.54) is 0 Å². The summed E-state index contributed by atoms with van der Waals surface area (Å²) in [7, 11) is 0. The molecular formula is C11H14ClN3O3. The maximum Gasteiger partial charge on any atom is 0.331 e. The van der Waals surface area contributed by atoms with Crippen molar-refractivity contribution < 1.29 is 14.7 Å². The fourth-order valence-corrected chi connectivity index (χ4v) is 1.59. The molecule has 98 valence electrons. The number of nitrogens with one attached hydrogen (secondary N) is 2. The van der Waals surface area contributed by atoms with Gasteiger partial charge in [-0.3, -0.25) is 0 Å². The highest BCUT2D eigenvalue weighted by molar-refractivity contribution is 6.31. The number of carbonyl (C=O) groups is 2. The molecule has 1 aromatic rings. The van der Waals surface area contributed by atoms with Crippen LogP contribution in [0.2, 0.25) is 5.02 Å². The summed E-state index contributed by atoms with van der Waals surface area (Å²) in [6.45, 7) is 0.540. The average molecular weight is 272 g/mol. The van der Waals surface area contributed by atoms with Crippen LogP contribution < -0.4 is 16.4 Å². The van der Waals surface area contributed by atoms with E-state index in [4.69, 9.17) is 22.4 Å². The highest BCUT2D eigenvalue weighted by Gasteiger charge is 2.23. The Morgan fingerprint density at radius 3 is 2.61 bits per heavy atom. The van der Waals surface area contributed by atoms with E-state index in [9.17, 15) is 9.59 Å². The summed E-state index contributed by atoms with van der Waals surface area (Å²) in [5, 5.41) is 14.1. The van der Waals surface area contributed by atoms with Crippen molar-refractivity contribution in [3.05, 3.63) is 34.9 Å². The molecule has 1 aromatic carbocycles. The predicted molar refractivity (Wildman–Crippen MR) is 67.4 cm³/mol. The number of hydrogen-bond acceptors (Lipinski definition) is 3. The first-order chi connectivity index (χ1) is 8.56. The molecule has 2 amide bonds. The molecule has 0 radical (unpaired) electrons. The molecule has 18 heavy (non-hydrogen) atoms. The third kappa shape index (κ3) is 3.90. The van der Waals surface area contributed by atoms with E-state index < -0.39 is 18.0 Å². The van der Waals surface area contributed by atoms with Crippen LogP contribution in [0.1, 0.15) is 11.6 Å². The average Bonchev–Trinajstić information content (AvgIpc) is 2.34. The van der Waals surface area contributed by atoms with Crippen molar-refractivity contribution in [2.45, 2.75) is 6.04 Å². The van der Waals surface area contributed by atoms with Crippen LogP contribution in [0.3, 0.4) is 0 Å². The van der Waals surface area contributed by atoms with Crippen molar-refractivity contribution in [2.75, 3.05) is 13.1 Å². The first kappa shape index (κ1) is 14.3. The minimum absolute atomic E-state index is 0.265. The quantitative estimate of drug-likeness (QED) is 0.633. The first-order valence-corrected chi connectivity index (χ1v) is 5.65. The molecule has 0 saturated carbocycles. The van der Waals surface area contributed by atoms with Crippen molar-refractivity contribution in [3.8, 4) is 0 Å². The van der Waals surface area contributed by atoms with Gasteiger partial charge in [0.05, 0.1) is 0 Å². The number of halogens is 1. The Morgan fingerprint density at radius 2 is 2.06 bits per heavy atom. The number of rotatable bonds is 5. The van der Waals surface area contributed by atoms with Gasteiger partial charge >= 0.3 is 12.0 Å². The summed E-state index contributed by atoms with van der Waals surface area (Å²) in [5.41, 5.74) is 5.55. The normalized spacial score (nSPS) is 11.7. The van der Waals surface area contributed by atoms with E-state index in [-0.39, 0.29) is 18.1 Å². The van der Waals surface area contributed by atoms with Crippen LogP contribution in [0.5, 0.6) is 0 Å². The van der Waals surface area contributed by atoms with Crippen molar-refractivity contribution in [2.24, 2.45) is 5.73 Å². The summed E-state index contributed by atoms with van der Waals surface area (Å²) >= 11 is 5.90. The number of carboxylic acids is 1. The van der Waals surface area contributed by atoms with Crippen LogP contribution in [0.25, 0.3) is 0 Å². The molecule has 5 N–H and O–H groups in total. The highest BCUT2D eigenvalue weighted by atomic mass is 35.5. The number of nitrogens with two attached hydrogens (primary N) is 1. The molecule has 0 unspecified atom stereocenters. The lowest BCUT2D eigenvalue weighted by atomic mass is 10.1. The largest absolute Gasteiger partial charge is 0.479 e. The van der Waals surface area contributed by atoms with Gasteiger partial charge in [0.15, 0.2) is 6.04 Å². The predicted octanol–water partition coefficient (Wildman–Crippen LogP) is 0.724. The second-order valence-electron chi connectivity index (χ2n) is 3.48. The van der Waals surface area contributed by atoms with E-state index in [2.05, 4.69) is 10.6 Å². The van der Waals surface area contributed by atoms with Crippen molar-refractivity contribution >= 4 is 23.6 Å². The van der Waals surface area contributed by atoms with Crippen molar-refractivity contribution in [3.63, 3.8) is 0 Å². The zero-order valence-electron chi connectivity index (χ0n) is 9.52. The van der Waals surface area contributed by atoms with Gasteiger partial charge in [-0.15, -0.1) is 0 Å². The van der Waals surface area contributed by atoms with Gasteiger partial charge < -0.3 is 21.5 Å². The molecule has 0 saturated heterocycles. The summed E-state index contributed by atoms with van der Waals surface area (Å²) in [5.74, 6) is -1.19. The van der Waals surface area contributed by atoms with E-state index in [1.807, 2.05) is 0 Å². The molecular weight excluding hydrogens is 258 g/mol. The first-order valence-electron chi connectivity index (χ1n) is 5.28. The molecule has 0 aromatic heterocycles. The van der Waals surface area contributed by atoms with Gasteiger partial charge in [0.1, 0.15) is 0 Å². The molecule has 0 aliphatic carbocycles. The Hall–Kier alpha value is -1.79. The zero-order chi connectivity index (χ0) is 13.5. The second kappa shape index (κ2) is 6.83. The van der Waals surface area contributed by atoms with Crippen LogP contribution in [0.4, 0.5) is 4.79 Å². The minimum atomic E-state index is -1.20. The Balaban J connectivity index is 2.81. The van der Waals surface area contributed by atoms with E-state index in [0.29, 0.717) is 5.56 Å². The minimum Gasteiger partial charge on any atom is -0.479 e. The molecule has 1 rings (SSSR count). The lowest BCUT2D eigenvalue weighted by Crippen LogP contribution is -2.42. The van der Waals surface area contributed by atoms with Gasteiger partial charge in [-0.25, -0.2) is 9.59 Å². The topological polar surface area (TPSA) is 104 Å². The van der Waals surface area contributed by atoms with Crippen LogP contribution in [0, 0.1) is 0 Å². The van der Waals surface area contributed by atoms with Crippen molar-refractivity contribution in [1.29, 1.82) is 0 Å². The standard InChI is InChI=1S/C11H14ClN3O3/c12-8-4-2-1-3-7(8)9(10(16)17)15-11(18)14-6-5-13/h1-4,9H,5-6,13H2,(H,16,17)(H2,14,15,18)/t9-/m1/s1. The Kier molecular flexibility index (Phi) is 5.41. The number of hydrogen-bond donors (Lipinski definition) is 4. The third-order valence-electron chi connectivity index (χ3n) is 2.17. The van der Waals surface area contributed by atoms with Crippen LogP contribution in [-0.2, 0) is 4.79 Å². The maximum atomic E-state index is 11.4.